The number of imidazole rings is 1. The number of hydrogen-bond acceptors (Lipinski definition) is 7. The SMILES string of the molecule is CC(C)c1c(C(=O)NCc2cccc(C(=O)N3CCCCC3)c2)nc(-c2ccc(F)cc2)n1CC[C@@H]1C[C@H](CC(=O)OC(C)(C)C)OC(C)(C)O1. The molecule has 11 heteroatoms. The number of esters is 1. The Balaban J connectivity index is 1.36. The van der Waals surface area contributed by atoms with Crippen LogP contribution in [0.2, 0.25) is 0 Å². The van der Waals surface area contributed by atoms with Gasteiger partial charge in [0.1, 0.15) is 22.9 Å². The van der Waals surface area contributed by atoms with Crippen LogP contribution in [0.4, 0.5) is 4.39 Å². The highest BCUT2D eigenvalue weighted by Crippen LogP contribution is 2.33. The van der Waals surface area contributed by atoms with E-state index < -0.39 is 11.4 Å². The van der Waals surface area contributed by atoms with Crippen LogP contribution in [0.1, 0.15) is 125 Å². The van der Waals surface area contributed by atoms with Gasteiger partial charge in [-0.05, 0) is 108 Å². The van der Waals surface area contributed by atoms with Gasteiger partial charge in [0.15, 0.2) is 5.79 Å². The molecule has 0 bridgehead atoms. The fourth-order valence-corrected chi connectivity index (χ4v) is 6.99. The molecule has 51 heavy (non-hydrogen) atoms. The Morgan fingerprint density at radius 3 is 2.37 bits per heavy atom. The Morgan fingerprint density at radius 1 is 1.02 bits per heavy atom. The van der Waals surface area contributed by atoms with Crippen molar-refractivity contribution in [1.29, 1.82) is 0 Å². The lowest BCUT2D eigenvalue weighted by Gasteiger charge is -2.41. The number of aromatic nitrogens is 2. The van der Waals surface area contributed by atoms with Crippen molar-refractivity contribution in [3.63, 3.8) is 0 Å². The second kappa shape index (κ2) is 16.1. The molecule has 2 aliphatic rings. The molecule has 2 aliphatic heterocycles. The van der Waals surface area contributed by atoms with E-state index in [1.54, 1.807) is 12.1 Å². The standard InChI is InChI=1S/C40H53FN4O6/c1-26(2)35-34(37(47)42-25-27-12-11-13-29(22-27)38(48)44-19-9-8-10-20-44)43-36(28-14-16-30(41)17-15-28)45(35)21-18-31-23-32(50-40(6,7)49-31)24-33(46)51-39(3,4)5/h11-17,22,26,31-32H,8-10,18-21,23-25H2,1-7H3,(H,42,47)/t31-,32-/m1/s1. The van der Waals surface area contributed by atoms with E-state index in [0.717, 1.165) is 43.6 Å². The Kier molecular flexibility index (Phi) is 12.0. The van der Waals surface area contributed by atoms with Crippen LogP contribution in [-0.2, 0) is 32.1 Å². The third-order valence-corrected chi connectivity index (χ3v) is 9.06. The van der Waals surface area contributed by atoms with Crippen LogP contribution in [-0.4, -0.2) is 68.9 Å². The number of nitrogens with one attached hydrogen (secondary N) is 1. The van der Waals surface area contributed by atoms with Gasteiger partial charge in [0.25, 0.3) is 11.8 Å². The van der Waals surface area contributed by atoms with E-state index in [4.69, 9.17) is 19.2 Å². The summed E-state index contributed by atoms with van der Waals surface area (Å²) in [6, 6.07) is 13.5. The van der Waals surface area contributed by atoms with Crippen molar-refractivity contribution in [2.75, 3.05) is 13.1 Å². The zero-order valence-electron chi connectivity index (χ0n) is 31.1. The lowest BCUT2D eigenvalue weighted by atomic mass is 10.0. The summed E-state index contributed by atoms with van der Waals surface area (Å²) >= 11 is 0. The molecule has 5 rings (SSSR count). The number of halogens is 1. The second-order valence-electron chi connectivity index (χ2n) is 15.4. The first-order valence-corrected chi connectivity index (χ1v) is 18.2. The third kappa shape index (κ3) is 10.3. The van der Waals surface area contributed by atoms with Gasteiger partial charge in [-0.2, -0.15) is 0 Å². The normalized spacial score (nSPS) is 19.2. The fraction of sp³-hybridized carbons (Fsp3) is 0.550. The zero-order valence-corrected chi connectivity index (χ0v) is 31.1. The first-order valence-electron chi connectivity index (χ1n) is 18.2. The predicted octanol–water partition coefficient (Wildman–Crippen LogP) is 7.40. The van der Waals surface area contributed by atoms with Gasteiger partial charge in [-0.3, -0.25) is 14.4 Å². The minimum atomic E-state index is -0.911. The molecule has 0 unspecified atom stereocenters. The molecule has 0 saturated carbocycles. The minimum absolute atomic E-state index is 0.0145. The minimum Gasteiger partial charge on any atom is -0.460 e. The van der Waals surface area contributed by atoms with Crippen LogP contribution in [0.15, 0.2) is 48.5 Å². The topological polar surface area (TPSA) is 112 Å². The van der Waals surface area contributed by atoms with Crippen LogP contribution in [0.5, 0.6) is 0 Å². The lowest BCUT2D eigenvalue weighted by molar-refractivity contribution is -0.301. The molecule has 1 aromatic heterocycles. The molecular weight excluding hydrogens is 651 g/mol. The molecule has 276 valence electrons. The molecule has 0 aliphatic carbocycles. The van der Waals surface area contributed by atoms with Crippen molar-refractivity contribution in [2.45, 2.75) is 130 Å². The summed E-state index contributed by atoms with van der Waals surface area (Å²) in [5, 5.41) is 3.03. The largest absolute Gasteiger partial charge is 0.460 e. The Labute approximate surface area is 301 Å². The number of likely N-dealkylation sites (tertiary alicyclic amines) is 1. The summed E-state index contributed by atoms with van der Waals surface area (Å²) in [5.74, 6) is -1.45. The van der Waals surface area contributed by atoms with Crippen LogP contribution in [0.3, 0.4) is 0 Å². The van der Waals surface area contributed by atoms with Crippen molar-refractivity contribution >= 4 is 17.8 Å². The summed E-state index contributed by atoms with van der Waals surface area (Å²) in [6.07, 6.45) is 3.71. The van der Waals surface area contributed by atoms with Crippen LogP contribution in [0.25, 0.3) is 11.4 Å². The van der Waals surface area contributed by atoms with Crippen molar-refractivity contribution in [3.05, 3.63) is 76.9 Å². The number of piperidine rings is 1. The van der Waals surface area contributed by atoms with E-state index in [9.17, 15) is 18.8 Å². The molecule has 2 amide bonds. The van der Waals surface area contributed by atoms with Gasteiger partial charge >= 0.3 is 5.97 Å². The molecule has 3 heterocycles. The average Bonchev–Trinajstić information content (AvgIpc) is 3.45. The van der Waals surface area contributed by atoms with Crippen molar-refractivity contribution in [3.8, 4) is 11.4 Å². The van der Waals surface area contributed by atoms with E-state index in [2.05, 4.69) is 5.32 Å². The molecule has 2 saturated heterocycles. The maximum atomic E-state index is 14.0. The Bertz CT molecular complexity index is 1690. The molecule has 2 fully saturated rings. The highest BCUT2D eigenvalue weighted by atomic mass is 19.1. The number of benzene rings is 2. The predicted molar refractivity (Wildman–Crippen MR) is 193 cm³/mol. The van der Waals surface area contributed by atoms with Gasteiger partial charge in [0, 0.05) is 43.7 Å². The summed E-state index contributed by atoms with van der Waals surface area (Å²) in [6.45, 7) is 15.4. The number of carbonyl (C=O) groups is 3. The first kappa shape index (κ1) is 38.1. The summed E-state index contributed by atoms with van der Waals surface area (Å²) in [7, 11) is 0. The highest BCUT2D eigenvalue weighted by Gasteiger charge is 2.37. The molecule has 10 nitrogen and oxygen atoms in total. The number of ether oxygens (including phenoxy) is 3. The fourth-order valence-electron chi connectivity index (χ4n) is 6.99. The van der Waals surface area contributed by atoms with Crippen molar-refractivity contribution < 1.29 is 33.0 Å². The smallest absolute Gasteiger partial charge is 0.308 e. The van der Waals surface area contributed by atoms with Gasteiger partial charge < -0.3 is 29.0 Å². The lowest BCUT2D eigenvalue weighted by Crippen LogP contribution is -2.46. The van der Waals surface area contributed by atoms with Crippen molar-refractivity contribution in [2.24, 2.45) is 0 Å². The average molecular weight is 705 g/mol. The first-order chi connectivity index (χ1) is 24.1. The van der Waals surface area contributed by atoms with Crippen LogP contribution >= 0.6 is 0 Å². The Morgan fingerprint density at radius 2 is 1.71 bits per heavy atom. The molecule has 2 aromatic carbocycles. The molecule has 3 aromatic rings. The van der Waals surface area contributed by atoms with Gasteiger partial charge in [-0.25, -0.2) is 9.37 Å². The van der Waals surface area contributed by atoms with Gasteiger partial charge in [-0.1, -0.05) is 26.0 Å². The monoisotopic (exact) mass is 704 g/mol. The number of hydrogen-bond donors (Lipinski definition) is 1. The van der Waals surface area contributed by atoms with E-state index in [1.807, 2.05) is 82.2 Å². The molecule has 0 spiro atoms. The maximum absolute atomic E-state index is 14.0. The number of carbonyl (C=O) groups excluding carboxylic acids is 3. The number of rotatable bonds is 11. The molecular formula is C40H53FN4O6. The van der Waals surface area contributed by atoms with Crippen LogP contribution in [0, 0.1) is 5.82 Å². The quantitative estimate of drug-likeness (QED) is 0.207. The van der Waals surface area contributed by atoms with E-state index >= 15 is 0 Å². The highest BCUT2D eigenvalue weighted by molar-refractivity contribution is 5.95. The summed E-state index contributed by atoms with van der Waals surface area (Å²) < 4.78 is 34.0. The summed E-state index contributed by atoms with van der Waals surface area (Å²) in [5.41, 5.74) is 2.55. The third-order valence-electron chi connectivity index (χ3n) is 9.06. The van der Waals surface area contributed by atoms with E-state index in [-0.39, 0.29) is 54.7 Å². The van der Waals surface area contributed by atoms with Gasteiger partial charge in [0.05, 0.1) is 24.3 Å². The number of nitrogens with zero attached hydrogens (tertiary/aromatic N) is 3. The van der Waals surface area contributed by atoms with E-state index in [1.165, 1.54) is 12.1 Å². The zero-order chi connectivity index (χ0) is 36.9. The van der Waals surface area contributed by atoms with Crippen molar-refractivity contribution in [1.82, 2.24) is 19.8 Å². The molecule has 1 N–H and O–H groups in total. The van der Waals surface area contributed by atoms with E-state index in [0.29, 0.717) is 42.0 Å². The Hall–Kier alpha value is -4.09. The second-order valence-corrected chi connectivity index (χ2v) is 15.4. The van der Waals surface area contributed by atoms with Crippen LogP contribution < -0.4 is 5.32 Å². The number of amides is 2. The van der Waals surface area contributed by atoms with Gasteiger partial charge in [-0.15, -0.1) is 0 Å². The molecule has 0 radical (unpaired) electrons. The van der Waals surface area contributed by atoms with Gasteiger partial charge in [0.2, 0.25) is 0 Å². The molecule has 2 atom stereocenters. The maximum Gasteiger partial charge on any atom is 0.308 e. The summed E-state index contributed by atoms with van der Waals surface area (Å²) in [4.78, 5) is 46.4.